The molecule has 0 aromatic carbocycles. The van der Waals surface area contributed by atoms with Crippen molar-refractivity contribution in [3.05, 3.63) is 25.3 Å². The van der Waals surface area contributed by atoms with E-state index in [-0.39, 0.29) is 0 Å². The van der Waals surface area contributed by atoms with E-state index in [1.165, 1.54) is 116 Å². The van der Waals surface area contributed by atoms with Gasteiger partial charge in [-0.2, -0.15) is 0 Å². The fraction of sp³-hybridized carbons (Fsp3) is 0.857. The van der Waals surface area contributed by atoms with Gasteiger partial charge < -0.3 is 5.11 Å². The summed E-state index contributed by atoms with van der Waals surface area (Å²) in [6.45, 7) is 9.82. The normalized spacial score (nSPS) is 11.7. The molecule has 0 spiro atoms. The van der Waals surface area contributed by atoms with E-state index in [1.54, 1.807) is 0 Å². The number of hydrogen-bond donors (Lipinski definition) is 1. The first-order valence-electron chi connectivity index (χ1n) is 13.1. The van der Waals surface area contributed by atoms with Crippen LogP contribution in [0.2, 0.25) is 0 Å². The molecule has 0 atom stereocenters. The fourth-order valence-electron chi connectivity index (χ4n) is 4.36. The Labute approximate surface area is 184 Å². The molecule has 0 radical (unpaired) electrons. The van der Waals surface area contributed by atoms with Crippen LogP contribution in [0.25, 0.3) is 0 Å². The minimum absolute atomic E-state index is 0.599. The van der Waals surface area contributed by atoms with E-state index in [9.17, 15) is 5.11 Å². The van der Waals surface area contributed by atoms with Crippen LogP contribution in [0.1, 0.15) is 148 Å². The van der Waals surface area contributed by atoms with Crippen LogP contribution in [-0.4, -0.2) is 10.7 Å². The van der Waals surface area contributed by atoms with Gasteiger partial charge in [0.1, 0.15) is 0 Å². The molecule has 29 heavy (non-hydrogen) atoms. The third kappa shape index (κ3) is 20.5. The highest BCUT2D eigenvalue weighted by Gasteiger charge is 2.22. The molecule has 0 aliphatic heterocycles. The predicted molar refractivity (Wildman–Crippen MR) is 133 cm³/mol. The van der Waals surface area contributed by atoms with E-state index in [0.29, 0.717) is 12.8 Å². The van der Waals surface area contributed by atoms with E-state index < -0.39 is 5.60 Å². The summed E-state index contributed by atoms with van der Waals surface area (Å²) in [7, 11) is 0. The largest absolute Gasteiger partial charge is 0.389 e. The van der Waals surface area contributed by atoms with E-state index in [1.807, 2.05) is 12.2 Å². The smallest absolute Gasteiger partial charge is 0.0716 e. The lowest BCUT2D eigenvalue weighted by Crippen LogP contribution is -2.26. The summed E-state index contributed by atoms with van der Waals surface area (Å²) in [5.41, 5.74) is -0.599. The van der Waals surface area contributed by atoms with Crippen LogP contribution in [0, 0.1) is 0 Å². The summed E-state index contributed by atoms with van der Waals surface area (Å²) in [6, 6.07) is 0. The molecule has 0 aliphatic rings. The van der Waals surface area contributed by atoms with Crippen LogP contribution in [0.5, 0.6) is 0 Å². The summed E-state index contributed by atoms with van der Waals surface area (Å²) < 4.78 is 0. The van der Waals surface area contributed by atoms with Gasteiger partial charge in [-0.05, 0) is 19.3 Å². The highest BCUT2D eigenvalue weighted by atomic mass is 16.3. The Morgan fingerprint density at radius 2 is 0.793 bits per heavy atom. The molecule has 0 saturated carbocycles. The first kappa shape index (κ1) is 28.4. The minimum Gasteiger partial charge on any atom is -0.389 e. The molecule has 1 nitrogen and oxygen atoms in total. The average Bonchev–Trinajstić information content (AvgIpc) is 2.70. The predicted octanol–water partition coefficient (Wildman–Crippen LogP) is 9.69. The van der Waals surface area contributed by atoms with Crippen molar-refractivity contribution in [3.63, 3.8) is 0 Å². The summed E-state index contributed by atoms with van der Waals surface area (Å²) >= 11 is 0. The van der Waals surface area contributed by atoms with Crippen molar-refractivity contribution in [2.75, 3.05) is 0 Å². The second-order valence-electron chi connectivity index (χ2n) is 9.32. The van der Waals surface area contributed by atoms with Crippen molar-refractivity contribution in [1.29, 1.82) is 0 Å². The topological polar surface area (TPSA) is 20.2 Å². The van der Waals surface area contributed by atoms with Gasteiger partial charge in [0.05, 0.1) is 5.60 Å². The maximum atomic E-state index is 10.5. The van der Waals surface area contributed by atoms with Crippen LogP contribution in [-0.2, 0) is 0 Å². The molecule has 0 unspecified atom stereocenters. The molecule has 0 aliphatic carbocycles. The van der Waals surface area contributed by atoms with Crippen LogP contribution in [0.4, 0.5) is 0 Å². The Kier molecular flexibility index (Phi) is 21.7. The zero-order valence-electron chi connectivity index (χ0n) is 20.1. The van der Waals surface area contributed by atoms with Gasteiger partial charge in [-0.1, -0.05) is 141 Å². The van der Waals surface area contributed by atoms with Crippen molar-refractivity contribution in [3.8, 4) is 0 Å². The van der Waals surface area contributed by atoms with E-state index in [4.69, 9.17) is 0 Å². The maximum Gasteiger partial charge on any atom is 0.0716 e. The monoisotopic (exact) mass is 406 g/mol. The average molecular weight is 407 g/mol. The Hall–Kier alpha value is -0.560. The Balaban J connectivity index is 3.24. The third-order valence-electron chi connectivity index (χ3n) is 6.29. The van der Waals surface area contributed by atoms with Crippen LogP contribution in [0.3, 0.4) is 0 Å². The van der Waals surface area contributed by atoms with Crippen molar-refractivity contribution in [2.24, 2.45) is 0 Å². The van der Waals surface area contributed by atoms with Crippen molar-refractivity contribution >= 4 is 0 Å². The quantitative estimate of drug-likeness (QED) is 0.125. The van der Waals surface area contributed by atoms with Gasteiger partial charge in [-0.25, -0.2) is 0 Å². The maximum absolute atomic E-state index is 10.5. The van der Waals surface area contributed by atoms with Crippen LogP contribution in [0.15, 0.2) is 25.3 Å². The van der Waals surface area contributed by atoms with Gasteiger partial charge in [0.25, 0.3) is 0 Å². The number of aliphatic hydroxyl groups is 1. The zero-order valence-corrected chi connectivity index (χ0v) is 20.1. The van der Waals surface area contributed by atoms with E-state index in [2.05, 4.69) is 20.1 Å². The van der Waals surface area contributed by atoms with Crippen molar-refractivity contribution in [1.82, 2.24) is 0 Å². The fourth-order valence-corrected chi connectivity index (χ4v) is 4.36. The molecular weight excluding hydrogens is 352 g/mol. The highest BCUT2D eigenvalue weighted by molar-refractivity contribution is 4.91. The van der Waals surface area contributed by atoms with Gasteiger partial charge in [0.15, 0.2) is 0 Å². The lowest BCUT2D eigenvalue weighted by atomic mass is 9.89. The summed E-state index contributed by atoms with van der Waals surface area (Å²) in [5.74, 6) is 0. The molecule has 0 rings (SSSR count). The molecule has 1 N–H and O–H groups in total. The van der Waals surface area contributed by atoms with Gasteiger partial charge in [0, 0.05) is 0 Å². The zero-order chi connectivity index (χ0) is 21.5. The van der Waals surface area contributed by atoms with E-state index in [0.717, 1.165) is 12.8 Å². The first-order valence-corrected chi connectivity index (χ1v) is 13.1. The molecule has 0 aromatic rings. The molecule has 0 amide bonds. The number of unbranched alkanes of at least 4 members (excludes halogenated alkanes) is 18. The lowest BCUT2D eigenvalue weighted by Gasteiger charge is -2.25. The molecule has 0 saturated heterocycles. The van der Waals surface area contributed by atoms with E-state index >= 15 is 0 Å². The first-order chi connectivity index (χ1) is 14.2. The number of rotatable bonds is 24. The molecule has 0 bridgehead atoms. The molecule has 172 valence electrons. The third-order valence-corrected chi connectivity index (χ3v) is 6.29. The Morgan fingerprint density at radius 1 is 0.517 bits per heavy atom. The highest BCUT2D eigenvalue weighted by Crippen LogP contribution is 2.24. The lowest BCUT2D eigenvalue weighted by molar-refractivity contribution is 0.0347. The summed E-state index contributed by atoms with van der Waals surface area (Å²) in [4.78, 5) is 0. The van der Waals surface area contributed by atoms with Crippen molar-refractivity contribution in [2.45, 2.75) is 154 Å². The summed E-state index contributed by atoms with van der Waals surface area (Å²) in [5, 5.41) is 10.5. The summed E-state index contributed by atoms with van der Waals surface area (Å²) in [6.07, 6.45) is 32.5. The van der Waals surface area contributed by atoms with Crippen molar-refractivity contribution < 1.29 is 5.11 Å². The molecule has 0 fully saturated rings. The van der Waals surface area contributed by atoms with Gasteiger partial charge >= 0.3 is 0 Å². The minimum atomic E-state index is -0.599. The Morgan fingerprint density at radius 3 is 1.07 bits per heavy atom. The second-order valence-corrected chi connectivity index (χ2v) is 9.32. The molecule has 0 aromatic heterocycles. The number of hydrogen-bond acceptors (Lipinski definition) is 1. The van der Waals surface area contributed by atoms with Crippen LogP contribution < -0.4 is 0 Å². The molecule has 1 heteroatoms. The standard InChI is InChI=1S/C28H54O/c1-4-7-8-9-10-11-12-13-14-15-16-17-18-19-20-21-22-23-24-27-28(29,25-5-2)26-6-3/h5-6,29H,2-4,7-27H2,1H3. The van der Waals surface area contributed by atoms with Crippen LogP contribution >= 0.6 is 0 Å². The Bertz CT molecular complexity index is 336. The molecular formula is C28H54O. The SMILES string of the molecule is C=CCC(O)(CC=C)CCCCCCCCCCCCCCCCCCCCC. The van der Waals surface area contributed by atoms with Gasteiger partial charge in [-0.3, -0.25) is 0 Å². The van der Waals surface area contributed by atoms with Gasteiger partial charge in [0.2, 0.25) is 0 Å². The second kappa shape index (κ2) is 22.1. The molecule has 0 heterocycles. The van der Waals surface area contributed by atoms with Gasteiger partial charge in [-0.15, -0.1) is 13.2 Å².